The van der Waals surface area contributed by atoms with Gasteiger partial charge in [-0.1, -0.05) is 0 Å². The van der Waals surface area contributed by atoms with Crippen LogP contribution >= 0.6 is 24.0 Å². The predicted octanol–water partition coefficient (Wildman–Crippen LogP) is 2.77. The van der Waals surface area contributed by atoms with Crippen molar-refractivity contribution in [2.24, 2.45) is 4.99 Å². The highest BCUT2D eigenvalue weighted by Gasteiger charge is 2.14. The summed E-state index contributed by atoms with van der Waals surface area (Å²) in [5.41, 5.74) is -0.0286. The summed E-state index contributed by atoms with van der Waals surface area (Å²) in [5.74, 6) is 3.04. The number of fused-ring (bicyclic) bond motifs is 1. The van der Waals surface area contributed by atoms with Crippen molar-refractivity contribution in [1.29, 1.82) is 0 Å². The Morgan fingerprint density at radius 1 is 1.26 bits per heavy atom. The summed E-state index contributed by atoms with van der Waals surface area (Å²) in [6.45, 7) is 10.5. The second-order valence-corrected chi connectivity index (χ2v) is 6.00. The largest absolute Gasteiger partial charge is 0.492 e. The van der Waals surface area contributed by atoms with Crippen LogP contribution in [-0.4, -0.2) is 38.0 Å². The molecule has 0 saturated carbocycles. The molecule has 1 aliphatic rings. The monoisotopic (exact) mass is 435 g/mol. The summed E-state index contributed by atoms with van der Waals surface area (Å²) in [4.78, 5) is 4.50. The maximum absolute atomic E-state index is 5.69. The second-order valence-electron chi connectivity index (χ2n) is 6.00. The number of aliphatic imine (C=N–C) groups is 1. The Hall–Kier alpha value is -1.38. The Labute approximate surface area is 155 Å². The fourth-order valence-electron chi connectivity index (χ4n) is 1.95. The molecule has 2 N–H and O–H groups in total. The molecule has 6 nitrogen and oxygen atoms in total. The van der Waals surface area contributed by atoms with Gasteiger partial charge in [0.2, 0.25) is 6.79 Å². The molecule has 0 amide bonds. The Bertz CT molecular complexity index is 530. The van der Waals surface area contributed by atoms with E-state index in [1.54, 1.807) is 0 Å². The third-order valence-electron chi connectivity index (χ3n) is 2.81. The molecule has 1 aliphatic heterocycles. The maximum atomic E-state index is 5.69. The number of guanidine groups is 1. The van der Waals surface area contributed by atoms with Crippen LogP contribution < -0.4 is 24.8 Å². The van der Waals surface area contributed by atoms with Crippen molar-refractivity contribution < 1.29 is 14.2 Å². The molecule has 0 aromatic heterocycles. The smallest absolute Gasteiger partial charge is 0.231 e. The first-order valence-corrected chi connectivity index (χ1v) is 7.57. The van der Waals surface area contributed by atoms with Gasteiger partial charge in [-0.25, -0.2) is 4.99 Å². The van der Waals surface area contributed by atoms with E-state index in [0.717, 1.165) is 29.8 Å². The molecule has 1 aromatic carbocycles. The summed E-state index contributed by atoms with van der Waals surface area (Å²) >= 11 is 0. The number of ether oxygens (including phenoxy) is 3. The van der Waals surface area contributed by atoms with Crippen LogP contribution in [0.4, 0.5) is 0 Å². The van der Waals surface area contributed by atoms with Gasteiger partial charge in [0.05, 0.1) is 6.54 Å². The molecular formula is C16H26IN3O3. The lowest BCUT2D eigenvalue weighted by Gasteiger charge is -2.23. The van der Waals surface area contributed by atoms with Crippen molar-refractivity contribution in [2.45, 2.75) is 33.2 Å². The van der Waals surface area contributed by atoms with Gasteiger partial charge >= 0.3 is 0 Å². The van der Waals surface area contributed by atoms with Gasteiger partial charge in [-0.05, 0) is 39.8 Å². The normalized spacial score (nSPS) is 13.3. The van der Waals surface area contributed by atoms with E-state index in [0.29, 0.717) is 13.2 Å². The van der Waals surface area contributed by atoms with E-state index in [-0.39, 0.29) is 36.3 Å². The highest BCUT2D eigenvalue weighted by atomic mass is 127. The number of hydrogen-bond donors (Lipinski definition) is 2. The molecule has 0 aliphatic carbocycles. The van der Waals surface area contributed by atoms with E-state index in [1.807, 2.05) is 25.1 Å². The van der Waals surface area contributed by atoms with E-state index in [1.165, 1.54) is 0 Å². The number of nitrogens with one attached hydrogen (secondary N) is 2. The summed E-state index contributed by atoms with van der Waals surface area (Å²) in [7, 11) is 0. The van der Waals surface area contributed by atoms with E-state index < -0.39 is 0 Å². The molecule has 23 heavy (non-hydrogen) atoms. The Morgan fingerprint density at radius 2 is 2.00 bits per heavy atom. The summed E-state index contributed by atoms with van der Waals surface area (Å²) < 4.78 is 16.3. The first-order valence-electron chi connectivity index (χ1n) is 7.57. The lowest BCUT2D eigenvalue weighted by Crippen LogP contribution is -2.47. The second kappa shape index (κ2) is 9.05. The molecule has 0 atom stereocenters. The van der Waals surface area contributed by atoms with E-state index >= 15 is 0 Å². The van der Waals surface area contributed by atoms with Crippen LogP contribution in [0.15, 0.2) is 23.2 Å². The number of nitrogens with zero attached hydrogens (tertiary/aromatic N) is 1. The van der Waals surface area contributed by atoms with E-state index in [4.69, 9.17) is 14.2 Å². The highest BCUT2D eigenvalue weighted by molar-refractivity contribution is 14.0. The van der Waals surface area contributed by atoms with Crippen LogP contribution in [0.25, 0.3) is 0 Å². The molecule has 2 rings (SSSR count). The summed E-state index contributed by atoms with van der Waals surface area (Å²) in [5, 5.41) is 6.56. The minimum absolute atomic E-state index is 0. The molecule has 0 fully saturated rings. The summed E-state index contributed by atoms with van der Waals surface area (Å²) in [6.07, 6.45) is 0. The third-order valence-corrected chi connectivity index (χ3v) is 2.81. The number of halogens is 1. The number of benzene rings is 1. The lowest BCUT2D eigenvalue weighted by molar-refractivity contribution is 0.173. The average molecular weight is 435 g/mol. The van der Waals surface area contributed by atoms with Crippen molar-refractivity contribution in [2.75, 3.05) is 26.5 Å². The van der Waals surface area contributed by atoms with Gasteiger partial charge in [0.1, 0.15) is 12.4 Å². The van der Waals surface area contributed by atoms with Gasteiger partial charge in [0.15, 0.2) is 17.5 Å². The van der Waals surface area contributed by atoms with Crippen molar-refractivity contribution in [3.63, 3.8) is 0 Å². The van der Waals surface area contributed by atoms with Gasteiger partial charge in [-0.15, -0.1) is 24.0 Å². The van der Waals surface area contributed by atoms with Crippen LogP contribution in [-0.2, 0) is 0 Å². The standard InChI is InChI=1S/C16H25N3O3.HI/c1-5-17-15(19-16(2,3)4)18-8-9-20-12-6-7-13-14(10-12)22-11-21-13;/h6-7,10H,5,8-9,11H2,1-4H3,(H2,17,18,19);1H. The Kier molecular flexibility index (Phi) is 7.74. The van der Waals surface area contributed by atoms with Gasteiger partial charge in [-0.3, -0.25) is 0 Å². The van der Waals surface area contributed by atoms with E-state index in [9.17, 15) is 0 Å². The van der Waals surface area contributed by atoms with Crippen molar-refractivity contribution >= 4 is 29.9 Å². The zero-order valence-electron chi connectivity index (χ0n) is 14.1. The van der Waals surface area contributed by atoms with Gasteiger partial charge in [-0.2, -0.15) is 0 Å². The Morgan fingerprint density at radius 3 is 2.70 bits per heavy atom. The zero-order chi connectivity index (χ0) is 16.0. The predicted molar refractivity (Wildman–Crippen MR) is 102 cm³/mol. The lowest BCUT2D eigenvalue weighted by atomic mass is 10.1. The van der Waals surface area contributed by atoms with Crippen LogP contribution in [0, 0.1) is 0 Å². The molecule has 0 radical (unpaired) electrons. The molecule has 7 heteroatoms. The van der Waals surface area contributed by atoms with Crippen molar-refractivity contribution in [1.82, 2.24) is 10.6 Å². The van der Waals surface area contributed by atoms with Crippen LogP contribution in [0.5, 0.6) is 17.2 Å². The molecule has 1 heterocycles. The van der Waals surface area contributed by atoms with E-state index in [2.05, 4.69) is 36.4 Å². The van der Waals surface area contributed by atoms with Crippen LogP contribution in [0.2, 0.25) is 0 Å². The SMILES string of the molecule is CCNC(=NCCOc1ccc2c(c1)OCO2)NC(C)(C)C.I. The first-order chi connectivity index (χ1) is 10.5. The third kappa shape index (κ3) is 6.72. The molecule has 1 aromatic rings. The van der Waals surface area contributed by atoms with Gasteiger partial charge in [0, 0.05) is 18.2 Å². The van der Waals surface area contributed by atoms with Crippen molar-refractivity contribution in [3.8, 4) is 17.2 Å². The minimum Gasteiger partial charge on any atom is -0.492 e. The maximum Gasteiger partial charge on any atom is 0.231 e. The molecular weight excluding hydrogens is 409 g/mol. The Balaban J connectivity index is 0.00000264. The topological polar surface area (TPSA) is 64.1 Å². The average Bonchev–Trinajstić information content (AvgIpc) is 2.89. The molecule has 0 bridgehead atoms. The van der Waals surface area contributed by atoms with Crippen molar-refractivity contribution in [3.05, 3.63) is 18.2 Å². The molecule has 130 valence electrons. The minimum atomic E-state index is -0.0286. The molecule has 0 unspecified atom stereocenters. The fraction of sp³-hybridized carbons (Fsp3) is 0.562. The first kappa shape index (κ1) is 19.7. The number of hydrogen-bond acceptors (Lipinski definition) is 4. The summed E-state index contributed by atoms with van der Waals surface area (Å²) in [6, 6.07) is 5.56. The van der Waals surface area contributed by atoms with Gasteiger partial charge < -0.3 is 24.8 Å². The quantitative estimate of drug-likeness (QED) is 0.323. The van der Waals surface area contributed by atoms with Crippen LogP contribution in [0.3, 0.4) is 0 Å². The molecule has 0 spiro atoms. The fourth-order valence-corrected chi connectivity index (χ4v) is 1.95. The molecule has 0 saturated heterocycles. The highest BCUT2D eigenvalue weighted by Crippen LogP contribution is 2.34. The van der Waals surface area contributed by atoms with Gasteiger partial charge in [0.25, 0.3) is 0 Å². The number of rotatable bonds is 5. The zero-order valence-corrected chi connectivity index (χ0v) is 16.5. The van der Waals surface area contributed by atoms with Crippen LogP contribution in [0.1, 0.15) is 27.7 Å².